The van der Waals surface area contributed by atoms with Crippen LogP contribution in [0.2, 0.25) is 0 Å². The molecule has 1 rings (SSSR count). The highest BCUT2D eigenvalue weighted by molar-refractivity contribution is 7.90. The first-order valence-corrected chi connectivity index (χ1v) is 8.13. The molecule has 1 heterocycles. The first kappa shape index (κ1) is 15.9. The summed E-state index contributed by atoms with van der Waals surface area (Å²) in [7, 11) is -3.22. The Balaban J connectivity index is 2.11. The van der Waals surface area contributed by atoms with Crippen LogP contribution in [0.5, 0.6) is 0 Å². The fourth-order valence-electron chi connectivity index (χ4n) is 1.71. The summed E-state index contributed by atoms with van der Waals surface area (Å²) >= 11 is 0. The lowest BCUT2D eigenvalue weighted by Crippen LogP contribution is -2.40. The fraction of sp³-hybridized carbons (Fsp3) is 1.00. The molecule has 0 atom stereocenters. The summed E-state index contributed by atoms with van der Waals surface area (Å²) in [5.41, 5.74) is 0. The molecule has 1 fully saturated rings. The van der Waals surface area contributed by atoms with Crippen LogP contribution in [0.3, 0.4) is 0 Å². The first-order chi connectivity index (χ1) is 8.33. The Bertz CT molecular complexity index is 330. The van der Waals surface area contributed by atoms with E-state index in [0.29, 0.717) is 19.3 Å². The Morgan fingerprint density at radius 3 is 2.44 bits per heavy atom. The van der Waals surface area contributed by atoms with Crippen LogP contribution in [0.4, 0.5) is 0 Å². The second-order valence-corrected chi connectivity index (χ2v) is 8.20. The summed E-state index contributed by atoms with van der Waals surface area (Å²) in [6, 6.07) is 0. The highest BCUT2D eigenvalue weighted by Crippen LogP contribution is 2.13. The SMILES string of the molecule is CC(C)(C)S(=O)(=O)NCCCOC1CCNCC1. The molecule has 0 aliphatic carbocycles. The number of hydrogen-bond donors (Lipinski definition) is 2. The van der Waals surface area contributed by atoms with Gasteiger partial charge in [0, 0.05) is 13.2 Å². The van der Waals surface area contributed by atoms with E-state index in [9.17, 15) is 8.42 Å². The van der Waals surface area contributed by atoms with Gasteiger partial charge in [-0.1, -0.05) is 0 Å². The largest absolute Gasteiger partial charge is 0.378 e. The average molecular weight is 278 g/mol. The lowest BCUT2D eigenvalue weighted by atomic mass is 10.1. The third-order valence-corrected chi connectivity index (χ3v) is 5.26. The molecule has 18 heavy (non-hydrogen) atoms. The summed E-state index contributed by atoms with van der Waals surface area (Å²) in [4.78, 5) is 0. The molecule has 0 bridgehead atoms. The van der Waals surface area contributed by atoms with Crippen molar-refractivity contribution in [3.8, 4) is 0 Å². The molecule has 6 heteroatoms. The Morgan fingerprint density at radius 1 is 1.28 bits per heavy atom. The lowest BCUT2D eigenvalue weighted by Gasteiger charge is -2.23. The maximum absolute atomic E-state index is 11.8. The Hall–Kier alpha value is -0.170. The van der Waals surface area contributed by atoms with Crippen LogP contribution in [0, 0.1) is 0 Å². The predicted molar refractivity (Wildman–Crippen MR) is 73.1 cm³/mol. The third kappa shape index (κ3) is 5.22. The summed E-state index contributed by atoms with van der Waals surface area (Å²) in [5.74, 6) is 0. The smallest absolute Gasteiger partial charge is 0.216 e. The van der Waals surface area contributed by atoms with Crippen molar-refractivity contribution in [2.24, 2.45) is 0 Å². The van der Waals surface area contributed by atoms with E-state index in [0.717, 1.165) is 32.4 Å². The summed E-state index contributed by atoms with van der Waals surface area (Å²) in [6.45, 7) is 8.19. The van der Waals surface area contributed by atoms with Crippen molar-refractivity contribution < 1.29 is 13.2 Å². The first-order valence-electron chi connectivity index (χ1n) is 6.64. The molecule has 0 spiro atoms. The minimum absolute atomic E-state index is 0.338. The molecular formula is C12H26N2O3S. The van der Waals surface area contributed by atoms with Gasteiger partial charge in [0.05, 0.1) is 10.9 Å². The van der Waals surface area contributed by atoms with Gasteiger partial charge in [0.2, 0.25) is 10.0 Å². The van der Waals surface area contributed by atoms with Gasteiger partial charge in [0.1, 0.15) is 0 Å². The minimum atomic E-state index is -3.22. The van der Waals surface area contributed by atoms with Gasteiger partial charge < -0.3 is 10.1 Å². The second-order valence-electron chi connectivity index (χ2n) is 5.68. The van der Waals surface area contributed by atoms with E-state index in [4.69, 9.17) is 4.74 Å². The van der Waals surface area contributed by atoms with Gasteiger partial charge in [-0.25, -0.2) is 13.1 Å². The van der Waals surface area contributed by atoms with Crippen molar-refractivity contribution in [2.75, 3.05) is 26.2 Å². The summed E-state index contributed by atoms with van der Waals surface area (Å²) in [5, 5.41) is 3.28. The van der Waals surface area contributed by atoms with Crippen LogP contribution in [-0.2, 0) is 14.8 Å². The topological polar surface area (TPSA) is 67.4 Å². The number of sulfonamides is 1. The van der Waals surface area contributed by atoms with E-state index in [1.54, 1.807) is 20.8 Å². The highest BCUT2D eigenvalue weighted by atomic mass is 32.2. The van der Waals surface area contributed by atoms with Crippen LogP contribution in [0.15, 0.2) is 0 Å². The van der Waals surface area contributed by atoms with Gasteiger partial charge >= 0.3 is 0 Å². The molecule has 0 saturated carbocycles. The van der Waals surface area contributed by atoms with E-state index in [1.807, 2.05) is 0 Å². The van der Waals surface area contributed by atoms with E-state index in [2.05, 4.69) is 10.0 Å². The van der Waals surface area contributed by atoms with Crippen molar-refractivity contribution in [1.82, 2.24) is 10.0 Å². The van der Waals surface area contributed by atoms with Gasteiger partial charge in [0.15, 0.2) is 0 Å². The van der Waals surface area contributed by atoms with Crippen molar-refractivity contribution >= 4 is 10.0 Å². The fourth-order valence-corrected chi connectivity index (χ4v) is 2.55. The van der Waals surface area contributed by atoms with Gasteiger partial charge in [-0.3, -0.25) is 0 Å². The highest BCUT2D eigenvalue weighted by Gasteiger charge is 2.28. The minimum Gasteiger partial charge on any atom is -0.378 e. The summed E-state index contributed by atoms with van der Waals surface area (Å²) < 4.78 is 31.1. The van der Waals surface area contributed by atoms with Crippen LogP contribution >= 0.6 is 0 Å². The van der Waals surface area contributed by atoms with Crippen molar-refractivity contribution in [2.45, 2.75) is 50.9 Å². The van der Waals surface area contributed by atoms with Crippen LogP contribution in [0.25, 0.3) is 0 Å². The monoisotopic (exact) mass is 278 g/mol. The molecule has 0 amide bonds. The average Bonchev–Trinajstić information content (AvgIpc) is 2.28. The van der Waals surface area contributed by atoms with Gasteiger partial charge in [-0.2, -0.15) is 0 Å². The molecule has 2 N–H and O–H groups in total. The molecule has 0 unspecified atom stereocenters. The van der Waals surface area contributed by atoms with Gasteiger partial charge in [-0.05, 0) is 53.1 Å². The predicted octanol–water partition coefficient (Wildman–Crippen LogP) is 0.863. The Labute approximate surface area is 111 Å². The quantitative estimate of drug-likeness (QED) is 0.707. The molecular weight excluding hydrogens is 252 g/mol. The molecule has 0 radical (unpaired) electrons. The normalized spacial score (nSPS) is 19.1. The zero-order valence-electron chi connectivity index (χ0n) is 11.7. The van der Waals surface area contributed by atoms with Crippen LogP contribution < -0.4 is 10.0 Å². The van der Waals surface area contributed by atoms with Gasteiger partial charge in [0.25, 0.3) is 0 Å². The third-order valence-electron chi connectivity index (χ3n) is 3.06. The number of nitrogens with one attached hydrogen (secondary N) is 2. The number of piperidine rings is 1. The number of hydrogen-bond acceptors (Lipinski definition) is 4. The van der Waals surface area contributed by atoms with Crippen molar-refractivity contribution in [3.63, 3.8) is 0 Å². The summed E-state index contributed by atoms with van der Waals surface area (Å²) in [6.07, 6.45) is 3.16. The maximum atomic E-state index is 11.8. The van der Waals surface area contributed by atoms with E-state index < -0.39 is 14.8 Å². The van der Waals surface area contributed by atoms with E-state index in [-0.39, 0.29) is 0 Å². The Morgan fingerprint density at radius 2 is 1.89 bits per heavy atom. The number of ether oxygens (including phenoxy) is 1. The molecule has 1 aliphatic heterocycles. The Kier molecular flexibility index (Phi) is 6.04. The van der Waals surface area contributed by atoms with E-state index in [1.165, 1.54) is 0 Å². The van der Waals surface area contributed by atoms with Gasteiger partial charge in [-0.15, -0.1) is 0 Å². The lowest BCUT2D eigenvalue weighted by molar-refractivity contribution is 0.0322. The van der Waals surface area contributed by atoms with Crippen molar-refractivity contribution in [1.29, 1.82) is 0 Å². The molecule has 1 saturated heterocycles. The second kappa shape index (κ2) is 6.84. The molecule has 5 nitrogen and oxygen atoms in total. The van der Waals surface area contributed by atoms with E-state index >= 15 is 0 Å². The zero-order chi connectivity index (χ0) is 13.6. The molecule has 0 aromatic carbocycles. The number of rotatable bonds is 6. The molecule has 1 aliphatic rings. The zero-order valence-corrected chi connectivity index (χ0v) is 12.5. The molecule has 108 valence electrons. The van der Waals surface area contributed by atoms with Crippen LogP contribution in [0.1, 0.15) is 40.0 Å². The molecule has 0 aromatic rings. The van der Waals surface area contributed by atoms with Crippen molar-refractivity contribution in [3.05, 3.63) is 0 Å². The maximum Gasteiger partial charge on any atom is 0.216 e. The standard InChI is InChI=1S/C12H26N2O3S/c1-12(2,3)18(15,16)14-7-4-10-17-11-5-8-13-9-6-11/h11,13-14H,4-10H2,1-3H3. The van der Waals surface area contributed by atoms with Crippen LogP contribution in [-0.4, -0.2) is 45.5 Å². The molecule has 0 aromatic heterocycles.